The molecule has 0 spiro atoms. The number of anilines is 2. The third-order valence-electron chi connectivity index (χ3n) is 2.41. The molecule has 18 heavy (non-hydrogen) atoms. The molecule has 0 bridgehead atoms. The number of aryl methyl sites for hydroxylation is 1. The molecule has 0 amide bonds. The monoisotopic (exact) mass is 259 g/mol. The highest BCUT2D eigenvalue weighted by Crippen LogP contribution is 2.24. The molecular weight excluding hydrogens is 246 g/mol. The first-order valence-corrected chi connectivity index (χ1v) is 6.32. The number of hydrogen-bond acceptors (Lipinski definition) is 6. The molecule has 1 atom stereocenters. The second kappa shape index (κ2) is 5.02. The molecule has 0 aliphatic carbocycles. The van der Waals surface area contributed by atoms with Crippen molar-refractivity contribution in [2.45, 2.75) is 19.9 Å². The molecule has 0 aliphatic heterocycles. The van der Waals surface area contributed by atoms with E-state index in [2.05, 4.69) is 15.3 Å². The van der Waals surface area contributed by atoms with Crippen molar-refractivity contribution in [3.63, 3.8) is 0 Å². The topological polar surface area (TPSA) is 87.6 Å². The maximum atomic E-state index is 8.74. The second-order valence-electron chi connectivity index (χ2n) is 3.97. The number of nitrogens with one attached hydrogen (secondary N) is 1. The van der Waals surface area contributed by atoms with E-state index in [1.54, 1.807) is 17.4 Å². The number of pyridine rings is 1. The molecule has 0 saturated heterocycles. The minimum atomic E-state index is 0.0337. The fourth-order valence-corrected chi connectivity index (χ4v) is 2.31. The van der Waals surface area contributed by atoms with Crippen LogP contribution in [0, 0.1) is 18.3 Å². The average molecular weight is 259 g/mol. The molecule has 2 rings (SSSR count). The van der Waals surface area contributed by atoms with Crippen molar-refractivity contribution < 1.29 is 0 Å². The molecule has 0 aromatic carbocycles. The summed E-state index contributed by atoms with van der Waals surface area (Å²) in [5.74, 6) is 0.578. The normalized spacial score (nSPS) is 11.8. The van der Waals surface area contributed by atoms with E-state index in [0.717, 1.165) is 10.7 Å². The lowest BCUT2D eigenvalue weighted by atomic mass is 10.2. The molecule has 3 N–H and O–H groups in total. The van der Waals surface area contributed by atoms with Crippen molar-refractivity contribution >= 4 is 22.8 Å². The van der Waals surface area contributed by atoms with Crippen LogP contribution in [0.25, 0.3) is 0 Å². The highest BCUT2D eigenvalue weighted by molar-refractivity contribution is 7.09. The largest absolute Gasteiger partial charge is 0.396 e. The number of nitriles is 1. The first-order chi connectivity index (χ1) is 8.60. The highest BCUT2D eigenvalue weighted by Gasteiger charge is 2.11. The Morgan fingerprint density at radius 1 is 1.56 bits per heavy atom. The molecule has 2 aromatic rings. The average Bonchev–Trinajstić information content (AvgIpc) is 2.78. The minimum Gasteiger partial charge on any atom is -0.396 e. The summed E-state index contributed by atoms with van der Waals surface area (Å²) in [5.41, 5.74) is 7.76. The molecular formula is C12H13N5S. The zero-order chi connectivity index (χ0) is 13.1. The van der Waals surface area contributed by atoms with Crippen molar-refractivity contribution in [2.75, 3.05) is 11.1 Å². The van der Waals surface area contributed by atoms with Crippen LogP contribution in [-0.4, -0.2) is 9.97 Å². The lowest BCUT2D eigenvalue weighted by Crippen LogP contribution is -2.09. The van der Waals surface area contributed by atoms with E-state index in [0.29, 0.717) is 17.1 Å². The summed E-state index contributed by atoms with van der Waals surface area (Å²) in [4.78, 5) is 8.54. The van der Waals surface area contributed by atoms with Crippen LogP contribution in [0.3, 0.4) is 0 Å². The molecule has 1 unspecified atom stereocenters. The van der Waals surface area contributed by atoms with Gasteiger partial charge in [-0.05, 0) is 19.9 Å². The number of nitrogen functional groups attached to an aromatic ring is 1. The van der Waals surface area contributed by atoms with Gasteiger partial charge in [0, 0.05) is 17.3 Å². The van der Waals surface area contributed by atoms with E-state index in [4.69, 9.17) is 11.0 Å². The van der Waals surface area contributed by atoms with Gasteiger partial charge in [-0.3, -0.25) is 0 Å². The zero-order valence-electron chi connectivity index (χ0n) is 10.1. The fourth-order valence-electron chi connectivity index (χ4n) is 1.50. The van der Waals surface area contributed by atoms with Gasteiger partial charge >= 0.3 is 0 Å². The summed E-state index contributed by atoms with van der Waals surface area (Å²) in [6, 6.07) is 3.64. The van der Waals surface area contributed by atoms with E-state index < -0.39 is 0 Å². The van der Waals surface area contributed by atoms with E-state index in [1.807, 2.05) is 25.3 Å². The van der Waals surface area contributed by atoms with Gasteiger partial charge < -0.3 is 11.1 Å². The molecule has 92 valence electrons. The SMILES string of the molecule is Cc1csc(C(C)Nc2ncc(C#N)cc2N)n1. The van der Waals surface area contributed by atoms with Gasteiger partial charge in [-0.1, -0.05) is 0 Å². The van der Waals surface area contributed by atoms with Crippen molar-refractivity contribution in [3.05, 3.63) is 33.9 Å². The van der Waals surface area contributed by atoms with Crippen molar-refractivity contribution in [3.8, 4) is 6.07 Å². The quantitative estimate of drug-likeness (QED) is 0.884. The van der Waals surface area contributed by atoms with E-state index in [9.17, 15) is 0 Å². The Hall–Kier alpha value is -2.13. The molecule has 0 aliphatic rings. The van der Waals surface area contributed by atoms with Gasteiger partial charge in [-0.2, -0.15) is 5.26 Å². The van der Waals surface area contributed by atoms with Crippen LogP contribution in [0.15, 0.2) is 17.6 Å². The Labute approximate surface area is 109 Å². The van der Waals surface area contributed by atoms with Crippen LogP contribution in [0.4, 0.5) is 11.5 Å². The highest BCUT2D eigenvalue weighted by atomic mass is 32.1. The lowest BCUT2D eigenvalue weighted by Gasteiger charge is -2.13. The van der Waals surface area contributed by atoms with Gasteiger partial charge in [-0.25, -0.2) is 9.97 Å². The number of rotatable bonds is 3. The van der Waals surface area contributed by atoms with Crippen molar-refractivity contribution in [1.82, 2.24) is 9.97 Å². The maximum Gasteiger partial charge on any atom is 0.149 e. The van der Waals surface area contributed by atoms with E-state index in [1.165, 1.54) is 6.20 Å². The Morgan fingerprint density at radius 2 is 2.33 bits per heavy atom. The summed E-state index contributed by atoms with van der Waals surface area (Å²) in [6.45, 7) is 3.96. The predicted molar refractivity (Wildman–Crippen MR) is 72.3 cm³/mol. The number of nitrogens with zero attached hydrogens (tertiary/aromatic N) is 3. The smallest absolute Gasteiger partial charge is 0.149 e. The van der Waals surface area contributed by atoms with Crippen molar-refractivity contribution in [2.24, 2.45) is 0 Å². The van der Waals surface area contributed by atoms with Gasteiger partial charge in [0.05, 0.1) is 17.3 Å². The summed E-state index contributed by atoms with van der Waals surface area (Å²) < 4.78 is 0. The van der Waals surface area contributed by atoms with Crippen LogP contribution < -0.4 is 11.1 Å². The van der Waals surface area contributed by atoms with Gasteiger partial charge in [-0.15, -0.1) is 11.3 Å². The molecule has 5 nitrogen and oxygen atoms in total. The van der Waals surface area contributed by atoms with Crippen LogP contribution in [0.1, 0.15) is 29.2 Å². The molecule has 2 heterocycles. The van der Waals surface area contributed by atoms with Crippen LogP contribution in [0.2, 0.25) is 0 Å². The van der Waals surface area contributed by atoms with Gasteiger partial charge in [0.25, 0.3) is 0 Å². The summed E-state index contributed by atoms with van der Waals surface area (Å²) in [6.07, 6.45) is 1.50. The fraction of sp³-hybridized carbons (Fsp3) is 0.250. The minimum absolute atomic E-state index is 0.0337. The second-order valence-corrected chi connectivity index (χ2v) is 4.86. The molecule has 2 aromatic heterocycles. The first-order valence-electron chi connectivity index (χ1n) is 5.44. The first kappa shape index (κ1) is 12.3. The lowest BCUT2D eigenvalue weighted by molar-refractivity contribution is 0.856. The van der Waals surface area contributed by atoms with Gasteiger partial charge in [0.2, 0.25) is 0 Å². The third-order valence-corrected chi connectivity index (χ3v) is 3.55. The third kappa shape index (κ3) is 2.57. The summed E-state index contributed by atoms with van der Waals surface area (Å²) in [5, 5.41) is 14.9. The zero-order valence-corrected chi connectivity index (χ0v) is 11.0. The van der Waals surface area contributed by atoms with Crippen LogP contribution in [0.5, 0.6) is 0 Å². The van der Waals surface area contributed by atoms with E-state index >= 15 is 0 Å². The Bertz CT molecular complexity index is 599. The number of thiazole rings is 1. The molecule has 0 saturated carbocycles. The van der Waals surface area contributed by atoms with Gasteiger partial charge in [0.1, 0.15) is 16.9 Å². The molecule has 0 fully saturated rings. The van der Waals surface area contributed by atoms with Crippen LogP contribution >= 0.6 is 11.3 Å². The van der Waals surface area contributed by atoms with Gasteiger partial charge in [0.15, 0.2) is 0 Å². The Morgan fingerprint density at radius 3 is 2.89 bits per heavy atom. The number of nitrogens with two attached hydrogens (primary N) is 1. The van der Waals surface area contributed by atoms with Crippen LogP contribution in [-0.2, 0) is 0 Å². The van der Waals surface area contributed by atoms with E-state index in [-0.39, 0.29) is 6.04 Å². The number of aromatic nitrogens is 2. The molecule has 6 heteroatoms. The molecule has 0 radical (unpaired) electrons. The Kier molecular flexibility index (Phi) is 3.44. The number of hydrogen-bond donors (Lipinski definition) is 2. The predicted octanol–water partition coefficient (Wildman–Crippen LogP) is 2.47. The maximum absolute atomic E-state index is 8.74. The summed E-state index contributed by atoms with van der Waals surface area (Å²) >= 11 is 1.60. The summed E-state index contributed by atoms with van der Waals surface area (Å²) in [7, 11) is 0. The van der Waals surface area contributed by atoms with Crippen molar-refractivity contribution in [1.29, 1.82) is 5.26 Å². The standard InChI is InChI=1S/C12H13N5S/c1-7-6-18-12(16-7)8(2)17-11-10(14)3-9(4-13)5-15-11/h3,5-6,8H,14H2,1-2H3,(H,15,17). The Balaban J connectivity index is 2.17.